The molecule has 0 fully saturated rings. The van der Waals surface area contributed by atoms with E-state index in [-0.39, 0.29) is 5.12 Å². The number of hydrogen-bond donors (Lipinski definition) is 0. The van der Waals surface area contributed by atoms with E-state index in [9.17, 15) is 4.79 Å². The lowest BCUT2D eigenvalue weighted by Crippen LogP contribution is -1.90. The van der Waals surface area contributed by atoms with Gasteiger partial charge in [0.15, 0.2) is 5.12 Å². The van der Waals surface area contributed by atoms with Gasteiger partial charge < -0.3 is 0 Å². The van der Waals surface area contributed by atoms with Crippen molar-refractivity contribution in [1.29, 1.82) is 0 Å². The SMILES string of the molecule is CC(=O)SCc1cccc2c1cnn2C. The van der Waals surface area contributed by atoms with E-state index in [1.807, 2.05) is 36.1 Å². The van der Waals surface area contributed by atoms with E-state index in [2.05, 4.69) is 5.10 Å². The molecule has 0 atom stereocenters. The molecule has 15 heavy (non-hydrogen) atoms. The molecule has 2 rings (SSSR count). The van der Waals surface area contributed by atoms with Crippen molar-refractivity contribution in [2.24, 2.45) is 7.05 Å². The average Bonchev–Trinajstić information content (AvgIpc) is 2.58. The lowest BCUT2D eigenvalue weighted by molar-refractivity contribution is -0.109. The highest BCUT2D eigenvalue weighted by atomic mass is 32.2. The Bertz CT molecular complexity index is 504. The van der Waals surface area contributed by atoms with Crippen molar-refractivity contribution in [2.45, 2.75) is 12.7 Å². The summed E-state index contributed by atoms with van der Waals surface area (Å²) in [4.78, 5) is 10.9. The van der Waals surface area contributed by atoms with Crippen LogP contribution in [0.1, 0.15) is 12.5 Å². The van der Waals surface area contributed by atoms with Crippen molar-refractivity contribution < 1.29 is 4.79 Å². The summed E-state index contributed by atoms with van der Waals surface area (Å²) in [5, 5.41) is 5.49. The van der Waals surface area contributed by atoms with Crippen LogP contribution < -0.4 is 0 Å². The van der Waals surface area contributed by atoms with Crippen LogP contribution in [0.3, 0.4) is 0 Å². The summed E-state index contributed by atoms with van der Waals surface area (Å²) in [5.41, 5.74) is 2.28. The van der Waals surface area contributed by atoms with E-state index < -0.39 is 0 Å². The summed E-state index contributed by atoms with van der Waals surface area (Å²) < 4.78 is 1.84. The molecule has 0 saturated heterocycles. The largest absolute Gasteiger partial charge is 0.288 e. The second-order valence-electron chi connectivity index (χ2n) is 3.40. The molecule has 0 radical (unpaired) electrons. The van der Waals surface area contributed by atoms with E-state index in [1.165, 1.54) is 17.3 Å². The van der Waals surface area contributed by atoms with Gasteiger partial charge in [0.1, 0.15) is 0 Å². The zero-order valence-corrected chi connectivity index (χ0v) is 9.54. The predicted octanol–water partition coefficient (Wildman–Crippen LogP) is 2.35. The fourth-order valence-corrected chi connectivity index (χ4v) is 2.15. The zero-order chi connectivity index (χ0) is 10.8. The molecule has 0 aliphatic carbocycles. The van der Waals surface area contributed by atoms with Crippen LogP contribution >= 0.6 is 11.8 Å². The normalized spacial score (nSPS) is 10.8. The Labute approximate surface area is 92.5 Å². The Hall–Kier alpha value is -1.29. The van der Waals surface area contributed by atoms with Crippen molar-refractivity contribution in [3.8, 4) is 0 Å². The summed E-state index contributed by atoms with van der Waals surface area (Å²) in [6.07, 6.45) is 1.85. The summed E-state index contributed by atoms with van der Waals surface area (Å²) in [7, 11) is 1.92. The molecule has 1 heterocycles. The highest BCUT2D eigenvalue weighted by molar-refractivity contribution is 8.12. The van der Waals surface area contributed by atoms with Gasteiger partial charge in [0.25, 0.3) is 0 Å². The molecule has 1 aromatic heterocycles. The number of carbonyl (C=O) groups excluding carboxylic acids is 1. The first-order chi connectivity index (χ1) is 7.18. The first kappa shape index (κ1) is 10.2. The quantitative estimate of drug-likeness (QED) is 0.779. The zero-order valence-electron chi connectivity index (χ0n) is 8.73. The number of thioether (sulfide) groups is 1. The Kier molecular flexibility index (Phi) is 2.77. The first-order valence-corrected chi connectivity index (χ1v) is 5.70. The number of nitrogens with zero attached hydrogens (tertiary/aromatic N) is 2. The third kappa shape index (κ3) is 2.04. The van der Waals surface area contributed by atoms with E-state index in [0.717, 1.165) is 16.7 Å². The maximum atomic E-state index is 10.9. The van der Waals surface area contributed by atoms with Crippen LogP contribution in [0.15, 0.2) is 24.4 Å². The second-order valence-corrected chi connectivity index (χ2v) is 4.55. The number of aromatic nitrogens is 2. The van der Waals surface area contributed by atoms with Crippen molar-refractivity contribution in [1.82, 2.24) is 9.78 Å². The van der Waals surface area contributed by atoms with Crippen molar-refractivity contribution in [3.63, 3.8) is 0 Å². The predicted molar refractivity (Wildman–Crippen MR) is 62.7 cm³/mol. The molecule has 1 aromatic carbocycles. The van der Waals surface area contributed by atoms with E-state index in [1.54, 1.807) is 6.92 Å². The second kappa shape index (κ2) is 4.06. The number of rotatable bonds is 2. The summed E-state index contributed by atoms with van der Waals surface area (Å²) in [5.74, 6) is 0.721. The molecule has 0 saturated carbocycles. The Morgan fingerprint density at radius 1 is 1.53 bits per heavy atom. The van der Waals surface area contributed by atoms with Gasteiger partial charge in [0.2, 0.25) is 0 Å². The maximum Gasteiger partial charge on any atom is 0.186 e. The van der Waals surface area contributed by atoms with Gasteiger partial charge in [-0.2, -0.15) is 5.10 Å². The minimum atomic E-state index is 0.149. The summed E-state index contributed by atoms with van der Waals surface area (Å²) in [6.45, 7) is 1.59. The third-order valence-electron chi connectivity index (χ3n) is 2.31. The number of hydrogen-bond acceptors (Lipinski definition) is 3. The molecule has 0 bridgehead atoms. The molecule has 0 aliphatic rings. The van der Waals surface area contributed by atoms with Gasteiger partial charge in [-0.1, -0.05) is 23.9 Å². The maximum absolute atomic E-state index is 10.9. The van der Waals surface area contributed by atoms with E-state index in [0.29, 0.717) is 0 Å². The van der Waals surface area contributed by atoms with Crippen molar-refractivity contribution in [3.05, 3.63) is 30.0 Å². The van der Waals surface area contributed by atoms with Gasteiger partial charge in [-0.15, -0.1) is 0 Å². The molecular formula is C11H12N2OS. The van der Waals surface area contributed by atoms with Crippen LogP contribution in [0.4, 0.5) is 0 Å². The lowest BCUT2D eigenvalue weighted by atomic mass is 10.1. The van der Waals surface area contributed by atoms with Crippen LogP contribution in [0.5, 0.6) is 0 Å². The van der Waals surface area contributed by atoms with Gasteiger partial charge in [0, 0.05) is 25.1 Å². The van der Waals surface area contributed by atoms with Crippen LogP contribution in [0.2, 0.25) is 0 Å². The molecule has 3 nitrogen and oxygen atoms in total. The molecule has 0 amide bonds. The van der Waals surface area contributed by atoms with Gasteiger partial charge in [0.05, 0.1) is 11.7 Å². The average molecular weight is 220 g/mol. The lowest BCUT2D eigenvalue weighted by Gasteiger charge is -2.01. The van der Waals surface area contributed by atoms with Crippen LogP contribution in [0.25, 0.3) is 10.9 Å². The topological polar surface area (TPSA) is 34.9 Å². The highest BCUT2D eigenvalue weighted by Crippen LogP contribution is 2.22. The van der Waals surface area contributed by atoms with Crippen molar-refractivity contribution >= 4 is 27.8 Å². The fourth-order valence-electron chi connectivity index (χ4n) is 1.54. The smallest absolute Gasteiger partial charge is 0.186 e. The first-order valence-electron chi connectivity index (χ1n) is 4.71. The number of carbonyl (C=O) groups is 1. The minimum absolute atomic E-state index is 0.149. The van der Waals surface area contributed by atoms with E-state index >= 15 is 0 Å². The Balaban J connectivity index is 2.38. The molecule has 78 valence electrons. The van der Waals surface area contributed by atoms with Gasteiger partial charge in [-0.05, 0) is 11.6 Å². The Morgan fingerprint density at radius 2 is 2.33 bits per heavy atom. The van der Waals surface area contributed by atoms with Gasteiger partial charge >= 0.3 is 0 Å². The molecule has 4 heteroatoms. The molecule has 0 spiro atoms. The highest BCUT2D eigenvalue weighted by Gasteiger charge is 2.05. The molecule has 0 aliphatic heterocycles. The molecular weight excluding hydrogens is 208 g/mol. The van der Waals surface area contributed by atoms with Gasteiger partial charge in [-0.25, -0.2) is 0 Å². The minimum Gasteiger partial charge on any atom is -0.288 e. The standard InChI is InChI=1S/C11H12N2OS/c1-8(14)15-7-9-4-3-5-11-10(9)6-12-13(11)2/h3-6H,7H2,1-2H3. The van der Waals surface area contributed by atoms with Crippen molar-refractivity contribution in [2.75, 3.05) is 0 Å². The molecule has 0 N–H and O–H groups in total. The van der Waals surface area contributed by atoms with Crippen LogP contribution in [-0.2, 0) is 17.6 Å². The number of benzene rings is 1. The Morgan fingerprint density at radius 3 is 3.07 bits per heavy atom. The van der Waals surface area contributed by atoms with E-state index in [4.69, 9.17) is 0 Å². The fraction of sp³-hybridized carbons (Fsp3) is 0.273. The number of fused-ring (bicyclic) bond motifs is 1. The van der Waals surface area contributed by atoms with Gasteiger partial charge in [-0.3, -0.25) is 9.48 Å². The monoisotopic (exact) mass is 220 g/mol. The van der Waals surface area contributed by atoms with Crippen LogP contribution in [-0.4, -0.2) is 14.9 Å². The molecule has 0 unspecified atom stereocenters. The third-order valence-corrected chi connectivity index (χ3v) is 3.17. The van der Waals surface area contributed by atoms with Crippen LogP contribution in [0, 0.1) is 0 Å². The summed E-state index contributed by atoms with van der Waals surface area (Å²) >= 11 is 1.33. The molecule has 2 aromatic rings. The number of aryl methyl sites for hydroxylation is 1. The summed E-state index contributed by atoms with van der Waals surface area (Å²) in [6, 6.07) is 6.07.